The number of aliphatic carboxylic acids is 1. The van der Waals surface area contributed by atoms with Gasteiger partial charge in [-0.3, -0.25) is 4.79 Å². The lowest BCUT2D eigenvalue weighted by atomic mass is 10.1. The minimum absolute atomic E-state index is 0.115. The van der Waals surface area contributed by atoms with Crippen LogP contribution >= 0.6 is 0 Å². The molecule has 0 aromatic heterocycles. The van der Waals surface area contributed by atoms with Crippen molar-refractivity contribution in [2.75, 3.05) is 13.2 Å². The Hall–Kier alpha value is -1.36. The smallest absolute Gasteiger partial charge is 0.326 e. The molecule has 0 aliphatic carbocycles. The van der Waals surface area contributed by atoms with Crippen LogP contribution in [0.3, 0.4) is 0 Å². The number of amides is 1. The molecule has 0 heterocycles. The molecule has 0 aliphatic rings. The Morgan fingerprint density at radius 2 is 2.13 bits per heavy atom. The number of hydrogen-bond donors (Lipinski definition) is 2. The molecule has 0 radical (unpaired) electrons. The molecule has 1 amide bonds. The van der Waals surface area contributed by atoms with Crippen LogP contribution in [0.2, 0.25) is 0 Å². The van der Waals surface area contributed by atoms with Crippen LogP contribution in [-0.2, 0) is 14.3 Å². The van der Waals surface area contributed by atoms with Gasteiger partial charge in [-0.05, 0) is 20.3 Å². The summed E-state index contributed by atoms with van der Waals surface area (Å²) in [6.45, 7) is 7.38. The molecule has 0 rings (SSSR count). The van der Waals surface area contributed by atoms with Gasteiger partial charge >= 0.3 is 5.97 Å². The Balaban J connectivity index is 4.10. The molecule has 5 heteroatoms. The first kappa shape index (κ1) is 13.6. The molecule has 0 saturated heterocycles. The van der Waals surface area contributed by atoms with E-state index in [2.05, 4.69) is 11.9 Å². The highest BCUT2D eigenvalue weighted by Gasteiger charge is 2.19. The van der Waals surface area contributed by atoms with E-state index >= 15 is 0 Å². The first-order valence-electron chi connectivity index (χ1n) is 4.71. The normalized spacial score (nSPS) is 11.9. The average molecular weight is 215 g/mol. The van der Waals surface area contributed by atoms with Crippen molar-refractivity contribution in [3.8, 4) is 0 Å². The van der Waals surface area contributed by atoms with E-state index < -0.39 is 17.9 Å². The van der Waals surface area contributed by atoms with Crippen LogP contribution in [0, 0.1) is 0 Å². The van der Waals surface area contributed by atoms with Crippen molar-refractivity contribution in [1.82, 2.24) is 5.32 Å². The largest absolute Gasteiger partial charge is 0.480 e. The third-order valence-corrected chi connectivity index (χ3v) is 1.62. The van der Waals surface area contributed by atoms with Crippen molar-refractivity contribution in [1.29, 1.82) is 0 Å². The van der Waals surface area contributed by atoms with Crippen LogP contribution in [0.4, 0.5) is 0 Å². The Kier molecular flexibility index (Phi) is 6.37. The molecule has 0 aliphatic heterocycles. The van der Waals surface area contributed by atoms with Gasteiger partial charge in [-0.2, -0.15) is 0 Å². The highest BCUT2D eigenvalue weighted by Crippen LogP contribution is 2.02. The predicted molar refractivity (Wildman–Crippen MR) is 55.5 cm³/mol. The lowest BCUT2D eigenvalue weighted by Gasteiger charge is -2.14. The number of carboxylic acid groups (broad SMARTS) is 1. The molecule has 15 heavy (non-hydrogen) atoms. The van der Waals surface area contributed by atoms with E-state index in [1.807, 2.05) is 0 Å². The Bertz CT molecular complexity index is 250. The van der Waals surface area contributed by atoms with Crippen molar-refractivity contribution < 1.29 is 19.4 Å². The van der Waals surface area contributed by atoms with Gasteiger partial charge in [0.1, 0.15) is 12.6 Å². The SMILES string of the molecule is C=C(C)C[C@H](NC(=O)COCC)C(=O)O. The summed E-state index contributed by atoms with van der Waals surface area (Å²) in [6, 6.07) is -0.921. The molecule has 1 atom stereocenters. The van der Waals surface area contributed by atoms with E-state index in [9.17, 15) is 9.59 Å². The molecule has 2 N–H and O–H groups in total. The van der Waals surface area contributed by atoms with Gasteiger partial charge in [0.05, 0.1) is 0 Å². The monoisotopic (exact) mass is 215 g/mol. The quantitative estimate of drug-likeness (QED) is 0.608. The van der Waals surface area contributed by atoms with Crippen LogP contribution in [0.1, 0.15) is 20.3 Å². The highest BCUT2D eigenvalue weighted by molar-refractivity contribution is 5.84. The van der Waals surface area contributed by atoms with E-state index in [1.165, 1.54) is 0 Å². The first-order valence-corrected chi connectivity index (χ1v) is 4.71. The van der Waals surface area contributed by atoms with E-state index in [1.54, 1.807) is 13.8 Å². The molecule has 0 fully saturated rings. The zero-order valence-electron chi connectivity index (χ0n) is 9.08. The second kappa shape index (κ2) is 7.00. The van der Waals surface area contributed by atoms with Gasteiger partial charge < -0.3 is 15.2 Å². The van der Waals surface area contributed by atoms with Crippen LogP contribution < -0.4 is 5.32 Å². The van der Waals surface area contributed by atoms with E-state index in [4.69, 9.17) is 9.84 Å². The molecule has 0 unspecified atom stereocenters. The Labute approximate surface area is 89.1 Å². The lowest BCUT2D eigenvalue weighted by molar-refractivity contribution is -0.142. The molecule has 5 nitrogen and oxygen atoms in total. The molecule has 0 spiro atoms. The number of ether oxygens (including phenoxy) is 1. The van der Waals surface area contributed by atoms with E-state index in [0.29, 0.717) is 12.2 Å². The average Bonchev–Trinajstić information content (AvgIpc) is 2.12. The Morgan fingerprint density at radius 3 is 2.53 bits per heavy atom. The summed E-state index contributed by atoms with van der Waals surface area (Å²) < 4.78 is 4.85. The van der Waals surface area contributed by atoms with E-state index in [0.717, 1.165) is 0 Å². The maximum Gasteiger partial charge on any atom is 0.326 e. The molecule has 0 bridgehead atoms. The van der Waals surface area contributed by atoms with Gasteiger partial charge in [-0.1, -0.05) is 5.57 Å². The fraction of sp³-hybridized carbons (Fsp3) is 0.600. The number of hydrogen-bond acceptors (Lipinski definition) is 3. The van der Waals surface area contributed by atoms with Crippen molar-refractivity contribution in [2.24, 2.45) is 0 Å². The number of carboxylic acids is 1. The maximum absolute atomic E-state index is 11.2. The fourth-order valence-electron chi connectivity index (χ4n) is 0.979. The van der Waals surface area contributed by atoms with Crippen molar-refractivity contribution >= 4 is 11.9 Å². The fourth-order valence-corrected chi connectivity index (χ4v) is 0.979. The summed E-state index contributed by atoms with van der Waals surface area (Å²) >= 11 is 0. The molecule has 86 valence electrons. The molecular weight excluding hydrogens is 198 g/mol. The summed E-state index contributed by atoms with van der Waals surface area (Å²) in [4.78, 5) is 21.9. The maximum atomic E-state index is 11.2. The topological polar surface area (TPSA) is 75.6 Å². The third-order valence-electron chi connectivity index (χ3n) is 1.62. The van der Waals surface area contributed by atoms with Crippen LogP contribution in [0.25, 0.3) is 0 Å². The number of nitrogens with one attached hydrogen (secondary N) is 1. The van der Waals surface area contributed by atoms with Crippen LogP contribution in [0.15, 0.2) is 12.2 Å². The van der Waals surface area contributed by atoms with Gasteiger partial charge in [0.2, 0.25) is 5.91 Å². The standard InChI is InChI=1S/C10H17NO4/c1-4-15-6-9(12)11-8(10(13)14)5-7(2)3/h8H,2,4-6H2,1,3H3,(H,11,12)(H,13,14)/t8-/m0/s1. The van der Waals surface area contributed by atoms with Gasteiger partial charge in [0, 0.05) is 6.61 Å². The number of rotatable bonds is 7. The second-order valence-electron chi connectivity index (χ2n) is 3.26. The minimum atomic E-state index is -1.07. The number of carbonyl (C=O) groups excluding carboxylic acids is 1. The van der Waals surface area contributed by atoms with Crippen molar-refractivity contribution in [2.45, 2.75) is 26.3 Å². The van der Waals surface area contributed by atoms with Gasteiger partial charge in [0.25, 0.3) is 0 Å². The predicted octanol–water partition coefficient (Wildman–Crippen LogP) is 0.558. The second-order valence-corrected chi connectivity index (χ2v) is 3.26. The van der Waals surface area contributed by atoms with Crippen molar-refractivity contribution in [3.05, 3.63) is 12.2 Å². The van der Waals surface area contributed by atoms with Crippen molar-refractivity contribution in [3.63, 3.8) is 0 Å². The zero-order valence-corrected chi connectivity index (χ0v) is 9.08. The summed E-state index contributed by atoms with van der Waals surface area (Å²) in [5.74, 6) is -1.49. The van der Waals surface area contributed by atoms with E-state index in [-0.39, 0.29) is 13.0 Å². The third kappa shape index (κ3) is 6.68. The minimum Gasteiger partial charge on any atom is -0.480 e. The van der Waals surface area contributed by atoms with Crippen LogP contribution in [0.5, 0.6) is 0 Å². The van der Waals surface area contributed by atoms with Gasteiger partial charge in [-0.25, -0.2) is 4.79 Å². The molecule has 0 aromatic carbocycles. The molecule has 0 saturated carbocycles. The lowest BCUT2D eigenvalue weighted by Crippen LogP contribution is -2.42. The van der Waals surface area contributed by atoms with Gasteiger partial charge in [-0.15, -0.1) is 6.58 Å². The number of carbonyl (C=O) groups is 2. The Morgan fingerprint density at radius 1 is 1.53 bits per heavy atom. The molecule has 0 aromatic rings. The molecular formula is C10H17NO4. The summed E-state index contributed by atoms with van der Waals surface area (Å²) in [7, 11) is 0. The summed E-state index contributed by atoms with van der Waals surface area (Å²) in [6.07, 6.45) is 0.229. The summed E-state index contributed by atoms with van der Waals surface area (Å²) in [5.41, 5.74) is 0.708. The van der Waals surface area contributed by atoms with Crippen LogP contribution in [-0.4, -0.2) is 36.2 Å². The first-order chi connectivity index (χ1) is 6.97. The summed E-state index contributed by atoms with van der Waals surface area (Å²) in [5, 5.41) is 11.2. The highest BCUT2D eigenvalue weighted by atomic mass is 16.5. The van der Waals surface area contributed by atoms with Gasteiger partial charge in [0.15, 0.2) is 0 Å². The zero-order chi connectivity index (χ0) is 11.8.